The van der Waals surface area contributed by atoms with Crippen LogP contribution in [0.5, 0.6) is 0 Å². The third-order valence-corrected chi connectivity index (χ3v) is 2.82. The molecule has 0 spiro atoms. The Morgan fingerprint density at radius 2 is 2.00 bits per heavy atom. The van der Waals surface area contributed by atoms with Crippen molar-refractivity contribution < 1.29 is 22.0 Å². The Balaban J connectivity index is 3.54. The minimum atomic E-state index is -4.80. The smallest absolute Gasteiger partial charge is 0.249 e. The van der Waals surface area contributed by atoms with Gasteiger partial charge < -0.3 is 0 Å². The van der Waals surface area contributed by atoms with Crippen LogP contribution in [-0.2, 0) is 12.6 Å². The van der Waals surface area contributed by atoms with Crippen LogP contribution in [-0.4, -0.2) is 4.98 Å². The van der Waals surface area contributed by atoms with E-state index in [1.807, 2.05) is 0 Å². The first-order valence-electron chi connectivity index (χ1n) is 4.18. The number of halogens is 6. The third-order valence-electron chi connectivity index (χ3n) is 1.96. The molecule has 0 aliphatic heterocycles. The molecule has 2 nitrogen and oxygen atoms in total. The lowest BCUT2D eigenvalue weighted by Crippen LogP contribution is -2.14. The molecule has 17 heavy (non-hydrogen) atoms. The van der Waals surface area contributed by atoms with E-state index >= 15 is 0 Å². The number of rotatable bonds is 2. The van der Waals surface area contributed by atoms with Crippen molar-refractivity contribution in [1.29, 1.82) is 5.26 Å². The van der Waals surface area contributed by atoms with Crippen molar-refractivity contribution in [1.82, 2.24) is 4.98 Å². The number of pyridine rings is 1. The van der Waals surface area contributed by atoms with Crippen LogP contribution in [0.4, 0.5) is 22.0 Å². The average molecular weight is 362 g/mol. The van der Waals surface area contributed by atoms with E-state index in [1.165, 1.54) is 28.7 Å². The molecule has 0 bridgehead atoms. The number of hydrogen-bond acceptors (Lipinski definition) is 2. The first kappa shape index (κ1) is 14.1. The maximum atomic E-state index is 12.7. The van der Waals surface area contributed by atoms with E-state index in [9.17, 15) is 22.0 Å². The molecule has 0 fully saturated rings. The van der Waals surface area contributed by atoms with Crippen LogP contribution >= 0.6 is 22.6 Å². The fourth-order valence-electron chi connectivity index (χ4n) is 1.27. The van der Waals surface area contributed by atoms with Gasteiger partial charge in [0.05, 0.1) is 23.6 Å². The Bertz CT molecular complexity index is 464. The second-order valence-electron chi connectivity index (χ2n) is 2.99. The molecule has 1 heterocycles. The van der Waals surface area contributed by atoms with Gasteiger partial charge in [-0.25, -0.2) is 13.8 Å². The summed E-state index contributed by atoms with van der Waals surface area (Å²) in [5.74, 6) is 0. The Morgan fingerprint density at radius 1 is 1.41 bits per heavy atom. The maximum absolute atomic E-state index is 12.7. The van der Waals surface area contributed by atoms with Crippen molar-refractivity contribution >= 4 is 22.6 Å². The third kappa shape index (κ3) is 3.02. The van der Waals surface area contributed by atoms with Gasteiger partial charge in [-0.05, 0) is 28.2 Å². The summed E-state index contributed by atoms with van der Waals surface area (Å²) in [4.78, 5) is 3.29. The number of hydrogen-bond donors (Lipinski definition) is 0. The van der Waals surface area contributed by atoms with Crippen molar-refractivity contribution in [2.45, 2.75) is 19.0 Å². The molecule has 92 valence electrons. The van der Waals surface area contributed by atoms with E-state index in [-0.39, 0.29) is 3.70 Å². The molecule has 0 unspecified atom stereocenters. The van der Waals surface area contributed by atoms with Crippen LogP contribution in [0.25, 0.3) is 0 Å². The molecule has 0 radical (unpaired) electrons. The van der Waals surface area contributed by atoms with Gasteiger partial charge in [0.15, 0.2) is 0 Å². The SMILES string of the molecule is N#CCc1c(C(F)(F)F)cnc(I)c1C(F)F. The van der Waals surface area contributed by atoms with Crippen LogP contribution in [0.1, 0.15) is 23.1 Å². The molecule has 0 aromatic carbocycles. The highest BCUT2D eigenvalue weighted by Crippen LogP contribution is 2.37. The van der Waals surface area contributed by atoms with Gasteiger partial charge in [-0.3, -0.25) is 0 Å². The van der Waals surface area contributed by atoms with Gasteiger partial charge in [0.25, 0.3) is 6.43 Å². The highest BCUT2D eigenvalue weighted by Gasteiger charge is 2.36. The largest absolute Gasteiger partial charge is 0.418 e. The predicted molar refractivity (Wildman–Crippen MR) is 56.2 cm³/mol. The van der Waals surface area contributed by atoms with Crippen molar-refractivity contribution in [3.8, 4) is 6.07 Å². The Morgan fingerprint density at radius 3 is 2.41 bits per heavy atom. The summed E-state index contributed by atoms with van der Waals surface area (Å²) < 4.78 is 62.7. The molecular weight excluding hydrogens is 358 g/mol. The number of nitriles is 1. The predicted octanol–water partition coefficient (Wildman–Crippen LogP) is 3.71. The molecule has 0 aliphatic rings. The van der Waals surface area contributed by atoms with Gasteiger partial charge in [-0.2, -0.15) is 18.4 Å². The quantitative estimate of drug-likeness (QED) is 0.457. The fourth-order valence-corrected chi connectivity index (χ4v) is 1.97. The van der Waals surface area contributed by atoms with Crippen LogP contribution in [0.2, 0.25) is 0 Å². The molecule has 1 aromatic rings. The van der Waals surface area contributed by atoms with Crippen molar-refractivity contribution in [3.05, 3.63) is 26.6 Å². The lowest BCUT2D eigenvalue weighted by molar-refractivity contribution is -0.138. The normalized spacial score (nSPS) is 11.6. The summed E-state index contributed by atoms with van der Waals surface area (Å²) in [6, 6.07) is 1.45. The van der Waals surface area contributed by atoms with Gasteiger partial charge in [0.2, 0.25) is 0 Å². The second kappa shape index (κ2) is 5.12. The zero-order chi connectivity index (χ0) is 13.2. The summed E-state index contributed by atoms with van der Waals surface area (Å²) in [5, 5.41) is 8.42. The van der Waals surface area contributed by atoms with Gasteiger partial charge in [-0.1, -0.05) is 0 Å². The second-order valence-corrected chi connectivity index (χ2v) is 4.01. The van der Waals surface area contributed by atoms with E-state index < -0.39 is 35.7 Å². The topological polar surface area (TPSA) is 36.7 Å². The Kier molecular flexibility index (Phi) is 4.24. The number of nitrogens with zero attached hydrogens (tertiary/aromatic N) is 2. The van der Waals surface area contributed by atoms with E-state index in [1.54, 1.807) is 0 Å². The summed E-state index contributed by atoms with van der Waals surface area (Å²) in [6.45, 7) is 0. The van der Waals surface area contributed by atoms with Crippen LogP contribution in [0.3, 0.4) is 0 Å². The highest BCUT2D eigenvalue weighted by atomic mass is 127. The Labute approximate surface area is 107 Å². The first-order chi connectivity index (χ1) is 7.79. The standard InChI is InChI=1S/C9H4F5IN2/c10-7(11)6-4(1-2-16)5(9(12,13)14)3-17-8(6)15/h3,7H,1H2. The van der Waals surface area contributed by atoms with Crippen LogP contribution in [0.15, 0.2) is 6.20 Å². The van der Waals surface area contributed by atoms with Gasteiger partial charge in [0, 0.05) is 6.20 Å². The molecule has 1 rings (SSSR count). The average Bonchev–Trinajstić information content (AvgIpc) is 2.15. The zero-order valence-corrected chi connectivity index (χ0v) is 10.2. The first-order valence-corrected chi connectivity index (χ1v) is 5.26. The zero-order valence-electron chi connectivity index (χ0n) is 8.02. The molecular formula is C9H4F5IN2. The maximum Gasteiger partial charge on any atom is 0.418 e. The molecule has 0 N–H and O–H groups in total. The number of aromatic nitrogens is 1. The van der Waals surface area contributed by atoms with Gasteiger partial charge in [0.1, 0.15) is 3.70 Å². The number of alkyl halides is 5. The highest BCUT2D eigenvalue weighted by molar-refractivity contribution is 14.1. The summed E-state index contributed by atoms with van der Waals surface area (Å²) in [7, 11) is 0. The summed E-state index contributed by atoms with van der Waals surface area (Å²) in [5.41, 5.74) is -2.80. The minimum absolute atomic E-state index is 0.226. The molecule has 0 amide bonds. The summed E-state index contributed by atoms with van der Waals surface area (Å²) in [6.07, 6.45) is -8.15. The van der Waals surface area contributed by atoms with E-state index in [0.29, 0.717) is 6.20 Å². The van der Waals surface area contributed by atoms with E-state index in [2.05, 4.69) is 4.98 Å². The fraction of sp³-hybridized carbons (Fsp3) is 0.333. The molecule has 0 atom stereocenters. The molecule has 0 saturated carbocycles. The van der Waals surface area contributed by atoms with Crippen molar-refractivity contribution in [2.75, 3.05) is 0 Å². The van der Waals surface area contributed by atoms with Gasteiger partial charge in [-0.15, -0.1) is 0 Å². The molecule has 8 heteroatoms. The van der Waals surface area contributed by atoms with Crippen molar-refractivity contribution in [3.63, 3.8) is 0 Å². The van der Waals surface area contributed by atoms with Crippen LogP contribution < -0.4 is 0 Å². The molecule has 0 saturated heterocycles. The minimum Gasteiger partial charge on any atom is -0.249 e. The van der Waals surface area contributed by atoms with Crippen molar-refractivity contribution in [2.24, 2.45) is 0 Å². The summed E-state index contributed by atoms with van der Waals surface area (Å²) >= 11 is 1.42. The Hall–Kier alpha value is -0.980. The molecule has 1 aromatic heterocycles. The lowest BCUT2D eigenvalue weighted by atomic mass is 10.0. The molecule has 0 aliphatic carbocycles. The van der Waals surface area contributed by atoms with Crippen LogP contribution in [0, 0.1) is 15.0 Å². The lowest BCUT2D eigenvalue weighted by Gasteiger charge is -2.15. The monoisotopic (exact) mass is 362 g/mol. The van der Waals surface area contributed by atoms with E-state index in [4.69, 9.17) is 5.26 Å². The van der Waals surface area contributed by atoms with E-state index in [0.717, 1.165) is 0 Å². The van der Waals surface area contributed by atoms with Gasteiger partial charge >= 0.3 is 6.18 Å².